The lowest BCUT2D eigenvalue weighted by Crippen LogP contribution is -1.98. The van der Waals surface area contributed by atoms with Gasteiger partial charge in [-0.1, -0.05) is 91.0 Å². The zero-order valence-electron chi connectivity index (χ0n) is 26.9. The molecule has 0 spiro atoms. The molecule has 2 aliphatic heterocycles. The molecule has 2 aliphatic rings. The summed E-state index contributed by atoms with van der Waals surface area (Å²) < 4.78 is 5.23. The van der Waals surface area contributed by atoms with Crippen LogP contribution in [0, 0.1) is 0 Å². The van der Waals surface area contributed by atoms with Crippen molar-refractivity contribution in [1.82, 2.24) is 19.9 Å². The number of rotatable bonds is 6. The lowest BCUT2D eigenvalue weighted by molar-refractivity contribution is -0.137. The second kappa shape index (κ2) is 12.9. The zero-order valence-corrected chi connectivity index (χ0v) is 26.9. The quantitative estimate of drug-likeness (QED) is 0.141. The molecule has 0 radical (unpaired) electrons. The Morgan fingerprint density at radius 3 is 1.39 bits per heavy atom. The van der Waals surface area contributed by atoms with Gasteiger partial charge in [-0.3, -0.25) is 0 Å². The van der Waals surface area contributed by atoms with Crippen molar-refractivity contribution in [2.45, 2.75) is 6.92 Å². The number of H-pyrrole nitrogens is 2. The molecule has 0 unspecified atom stereocenters. The summed E-state index contributed by atoms with van der Waals surface area (Å²) in [4.78, 5) is 30.4. The maximum atomic E-state index is 12.5. The van der Waals surface area contributed by atoms with Crippen LogP contribution < -0.4 is 0 Å². The third-order valence-corrected chi connectivity index (χ3v) is 8.65. The van der Waals surface area contributed by atoms with Gasteiger partial charge < -0.3 is 14.7 Å². The molecule has 8 bridgehead atoms. The maximum absolute atomic E-state index is 12.5. The highest BCUT2D eigenvalue weighted by molar-refractivity contribution is 5.99. The van der Waals surface area contributed by atoms with Gasteiger partial charge in [0.1, 0.15) is 0 Å². The molecule has 5 heterocycles. The molecular weight excluding hydrogens is 604 g/mol. The van der Waals surface area contributed by atoms with Gasteiger partial charge in [-0.15, -0.1) is 0 Å². The number of carbonyl (C=O) groups excluding carboxylic acids is 1. The summed E-state index contributed by atoms with van der Waals surface area (Å²) in [5, 5.41) is 0. The number of aromatic amines is 2. The van der Waals surface area contributed by atoms with Crippen molar-refractivity contribution in [3.05, 3.63) is 150 Å². The van der Waals surface area contributed by atoms with Crippen molar-refractivity contribution in [1.29, 1.82) is 0 Å². The number of hydrogen-bond acceptors (Lipinski definition) is 4. The van der Waals surface area contributed by atoms with E-state index in [4.69, 9.17) is 14.7 Å². The van der Waals surface area contributed by atoms with Crippen LogP contribution in [0.4, 0.5) is 0 Å². The van der Waals surface area contributed by atoms with Crippen molar-refractivity contribution in [2.75, 3.05) is 6.61 Å². The third kappa shape index (κ3) is 5.81. The average molecular weight is 637 g/mol. The van der Waals surface area contributed by atoms with E-state index in [9.17, 15) is 4.79 Å². The summed E-state index contributed by atoms with van der Waals surface area (Å²) in [6, 6.07) is 39.2. The lowest BCUT2D eigenvalue weighted by Gasteiger charge is -2.06. The van der Waals surface area contributed by atoms with E-state index >= 15 is 0 Å². The molecule has 3 aromatic carbocycles. The molecule has 6 nitrogen and oxygen atoms in total. The normalized spacial score (nSPS) is 12.1. The predicted molar refractivity (Wildman–Crippen MR) is 201 cm³/mol. The van der Waals surface area contributed by atoms with Gasteiger partial charge >= 0.3 is 5.97 Å². The fraction of sp³-hybridized carbons (Fsp3) is 0.0465. The van der Waals surface area contributed by atoms with Crippen LogP contribution in [-0.2, 0) is 9.53 Å². The molecule has 0 fully saturated rings. The smallest absolute Gasteiger partial charge is 0.330 e. The number of aromatic nitrogens is 4. The van der Waals surface area contributed by atoms with Crippen LogP contribution in [0.25, 0.3) is 85.8 Å². The minimum atomic E-state index is -0.410. The standard InChI is InChI=1S/C43H32N4O2/c1-2-49-40(48)27-18-31-32-19-21-34(44-32)41(28-12-6-3-7-13-28)36-23-25-38(46-36)43(30-16-10-5-11-17-30)39-26-24-37(47-39)42(29-14-8-4-9-15-29)35-22-20-33(31)45-35/h3-27,44,47H,2H2,1H3/b27-18-,32-31?,33-31?,41-34?,41-36?,42-35?,42-37?,43-38?,43-39?. The van der Waals surface area contributed by atoms with Gasteiger partial charge in [0, 0.05) is 50.4 Å². The third-order valence-electron chi connectivity index (χ3n) is 8.65. The summed E-state index contributed by atoms with van der Waals surface area (Å²) in [7, 11) is 0. The maximum Gasteiger partial charge on any atom is 0.330 e. The van der Waals surface area contributed by atoms with Crippen molar-refractivity contribution in [3.63, 3.8) is 0 Å². The molecule has 0 atom stereocenters. The Bertz CT molecular complexity index is 2420. The van der Waals surface area contributed by atoms with Crippen molar-refractivity contribution < 1.29 is 9.53 Å². The fourth-order valence-corrected chi connectivity index (χ4v) is 6.47. The highest BCUT2D eigenvalue weighted by Crippen LogP contribution is 2.36. The number of benzene rings is 3. The molecule has 6 heteroatoms. The molecule has 0 saturated carbocycles. The molecule has 8 rings (SSSR count). The second-order valence-electron chi connectivity index (χ2n) is 11.7. The Labute approximate surface area is 283 Å². The topological polar surface area (TPSA) is 83.7 Å². The zero-order chi connectivity index (χ0) is 33.2. The first-order chi connectivity index (χ1) is 24.2. The highest BCUT2D eigenvalue weighted by Gasteiger charge is 2.17. The van der Waals surface area contributed by atoms with E-state index in [1.165, 1.54) is 6.08 Å². The Kier molecular flexibility index (Phi) is 7.88. The van der Waals surface area contributed by atoms with E-state index in [0.717, 1.165) is 83.8 Å². The van der Waals surface area contributed by atoms with Crippen molar-refractivity contribution in [2.24, 2.45) is 0 Å². The molecule has 3 aromatic heterocycles. The van der Waals surface area contributed by atoms with Gasteiger partial charge in [-0.05, 0) is 78.3 Å². The molecular formula is C43H32N4O2. The Morgan fingerprint density at radius 1 is 0.551 bits per heavy atom. The van der Waals surface area contributed by atoms with Gasteiger partial charge in [-0.25, -0.2) is 14.8 Å². The monoisotopic (exact) mass is 636 g/mol. The molecule has 0 saturated heterocycles. The largest absolute Gasteiger partial charge is 0.463 e. The van der Waals surface area contributed by atoms with Gasteiger partial charge in [0.25, 0.3) is 0 Å². The van der Waals surface area contributed by atoms with E-state index in [1.54, 1.807) is 13.0 Å². The molecule has 49 heavy (non-hydrogen) atoms. The van der Waals surface area contributed by atoms with Gasteiger partial charge in [-0.2, -0.15) is 0 Å². The average Bonchev–Trinajstić information content (AvgIpc) is 3.97. The number of ether oxygens (including phenoxy) is 1. The Morgan fingerprint density at radius 2 is 0.939 bits per heavy atom. The predicted octanol–water partition coefficient (Wildman–Crippen LogP) is 10.2. The van der Waals surface area contributed by atoms with Gasteiger partial charge in [0.05, 0.1) is 29.4 Å². The van der Waals surface area contributed by atoms with Crippen LogP contribution in [0.3, 0.4) is 0 Å². The number of hydrogen-bond donors (Lipinski definition) is 2. The van der Waals surface area contributed by atoms with Crippen molar-refractivity contribution in [3.8, 4) is 33.4 Å². The fourth-order valence-electron chi connectivity index (χ4n) is 6.47. The summed E-state index contributed by atoms with van der Waals surface area (Å²) in [5.41, 5.74) is 13.7. The van der Waals surface area contributed by atoms with Gasteiger partial charge in [0.2, 0.25) is 0 Å². The van der Waals surface area contributed by atoms with Crippen LogP contribution in [0.15, 0.2) is 121 Å². The van der Waals surface area contributed by atoms with Crippen molar-refractivity contribution >= 4 is 58.4 Å². The minimum absolute atomic E-state index is 0.297. The number of carbonyl (C=O) groups is 1. The first kappa shape index (κ1) is 29.8. The number of nitrogens with zero attached hydrogens (tertiary/aromatic N) is 2. The summed E-state index contributed by atoms with van der Waals surface area (Å²) in [5.74, 6) is -0.410. The molecule has 6 aromatic rings. The summed E-state index contributed by atoms with van der Waals surface area (Å²) >= 11 is 0. The van der Waals surface area contributed by atoms with E-state index in [0.29, 0.717) is 6.61 Å². The van der Waals surface area contributed by atoms with Crippen LogP contribution in [-0.4, -0.2) is 32.5 Å². The van der Waals surface area contributed by atoms with E-state index in [-0.39, 0.29) is 0 Å². The Hall–Kier alpha value is -6.53. The van der Waals surface area contributed by atoms with Crippen LogP contribution >= 0.6 is 0 Å². The SMILES string of the molecule is CCOC(=O)/C=C\c1c2nc(c(-c3ccccc3)c3ccc([nH]3)c(-c3ccccc3)c3nc(c(-c4ccccc4)c4ccc1[nH]4)C=C3)C=C2. The molecule has 0 aliphatic carbocycles. The van der Waals surface area contributed by atoms with Gasteiger partial charge in [0.15, 0.2) is 0 Å². The van der Waals surface area contributed by atoms with Crippen LogP contribution in [0.2, 0.25) is 0 Å². The molecule has 0 amide bonds. The number of esters is 1. The second-order valence-corrected chi connectivity index (χ2v) is 11.7. The highest BCUT2D eigenvalue weighted by atomic mass is 16.5. The van der Waals surface area contributed by atoms with E-state index in [1.807, 2.05) is 60.7 Å². The van der Waals surface area contributed by atoms with Crippen LogP contribution in [0.5, 0.6) is 0 Å². The minimum Gasteiger partial charge on any atom is -0.463 e. The number of nitrogens with one attached hydrogen (secondary N) is 2. The van der Waals surface area contributed by atoms with Crippen LogP contribution in [0.1, 0.15) is 35.3 Å². The van der Waals surface area contributed by atoms with E-state index in [2.05, 4.69) is 88.9 Å². The first-order valence-corrected chi connectivity index (χ1v) is 16.3. The molecule has 2 N–H and O–H groups in total. The first-order valence-electron chi connectivity index (χ1n) is 16.3. The lowest BCUT2D eigenvalue weighted by atomic mass is 10.0. The van der Waals surface area contributed by atoms with E-state index < -0.39 is 5.97 Å². The molecule has 236 valence electrons. The summed E-state index contributed by atoms with van der Waals surface area (Å²) in [6.07, 6.45) is 11.4. The summed E-state index contributed by atoms with van der Waals surface area (Å²) in [6.45, 7) is 2.09. The number of fused-ring (bicyclic) bond motifs is 8. The Balaban J connectivity index is 1.54.